The first kappa shape index (κ1) is 23.9. The highest BCUT2D eigenvalue weighted by molar-refractivity contribution is 6.34. The predicted octanol–water partition coefficient (Wildman–Crippen LogP) is 3.14. The molecule has 2 aromatic rings. The Morgan fingerprint density at radius 1 is 0.533 bits per heavy atom. The molecule has 0 aliphatic carbocycles. The van der Waals surface area contributed by atoms with Crippen molar-refractivity contribution >= 4 is 46.0 Å². The van der Waals surface area contributed by atoms with Crippen LogP contribution in [0.3, 0.4) is 0 Å². The summed E-state index contributed by atoms with van der Waals surface area (Å²) in [5, 5.41) is 76.1. The van der Waals surface area contributed by atoms with Gasteiger partial charge in [-0.15, -0.1) is 0 Å². The number of nitro benzene ring substituents is 4. The molecule has 18 heteroatoms. The fraction of sp³-hybridized carbons (Fsp3) is 0. The van der Waals surface area contributed by atoms with Crippen molar-refractivity contribution in [1.82, 2.24) is 0 Å². The molecule has 0 heterocycles. The number of nitro groups is 4. The average Bonchev–Trinajstić information content (AvgIpc) is 2.63. The van der Waals surface area contributed by atoms with Gasteiger partial charge in [-0.3, -0.25) is 40.5 Å². The quantitative estimate of drug-likeness (QED) is 0.372. The van der Waals surface area contributed by atoms with Gasteiger partial charge in [-0.2, -0.15) is 0 Å². The molecular weight excluding hydrogens is 463 g/mol. The third-order valence-corrected chi connectivity index (χ3v) is 3.85. The molecule has 160 valence electrons. The number of benzene rings is 2. The minimum Gasteiger partial charge on any atom is -0.501 e. The maximum Gasteiger partial charge on any atom is 0.319 e. The molecule has 30 heavy (non-hydrogen) atoms. The molecule has 0 spiro atoms. The smallest absolute Gasteiger partial charge is 0.319 e. The van der Waals surface area contributed by atoms with Crippen LogP contribution < -0.4 is 0 Å². The van der Waals surface area contributed by atoms with E-state index in [1.165, 1.54) is 0 Å². The van der Waals surface area contributed by atoms with Crippen molar-refractivity contribution < 1.29 is 40.1 Å². The Morgan fingerprint density at radius 2 is 0.700 bits per heavy atom. The summed E-state index contributed by atoms with van der Waals surface area (Å²) in [5.74, 6) is -4.04. The average molecular weight is 469 g/mol. The third kappa shape index (κ3) is 4.62. The monoisotopic (exact) mass is 468 g/mol. The first-order valence-electron chi connectivity index (χ1n) is 6.78. The Bertz CT molecular complexity index is 928. The lowest BCUT2D eigenvalue weighted by Crippen LogP contribution is -1.94. The summed E-state index contributed by atoms with van der Waals surface area (Å²) in [7, 11) is 0. The highest BCUT2D eigenvalue weighted by Crippen LogP contribution is 2.46. The topological polar surface area (TPSA) is 253 Å². The van der Waals surface area contributed by atoms with Crippen LogP contribution in [0.2, 0.25) is 10.0 Å². The first-order chi connectivity index (χ1) is 13.7. The van der Waals surface area contributed by atoms with Crippen molar-refractivity contribution in [2.75, 3.05) is 0 Å². The van der Waals surface area contributed by atoms with E-state index in [1.54, 1.807) is 0 Å². The molecule has 0 radical (unpaired) electrons. The van der Waals surface area contributed by atoms with E-state index in [1.807, 2.05) is 0 Å². The molecule has 0 aliphatic rings. The minimum absolute atomic E-state index is 0.427. The van der Waals surface area contributed by atoms with Gasteiger partial charge in [-0.25, -0.2) is 0 Å². The second-order valence-corrected chi connectivity index (χ2v) is 5.64. The molecule has 4 N–H and O–H groups in total. The van der Waals surface area contributed by atoms with E-state index in [0.29, 0.717) is 12.1 Å². The molecule has 0 atom stereocenters. The number of halogens is 2. The maximum absolute atomic E-state index is 10.3. The molecule has 2 rings (SSSR count). The number of hydrogen-bond donors (Lipinski definition) is 4. The van der Waals surface area contributed by atoms with E-state index in [2.05, 4.69) is 0 Å². The molecule has 0 bridgehead atoms. The van der Waals surface area contributed by atoms with E-state index in [4.69, 9.17) is 43.6 Å². The van der Waals surface area contributed by atoms with Gasteiger partial charge < -0.3 is 20.4 Å². The fourth-order valence-electron chi connectivity index (χ4n) is 1.76. The van der Waals surface area contributed by atoms with Crippen LogP contribution in [0.15, 0.2) is 12.1 Å². The van der Waals surface area contributed by atoms with Gasteiger partial charge >= 0.3 is 22.7 Å². The van der Waals surface area contributed by atoms with Crippen molar-refractivity contribution in [1.29, 1.82) is 0 Å². The van der Waals surface area contributed by atoms with E-state index in [-0.39, 0.29) is 0 Å². The van der Waals surface area contributed by atoms with E-state index < -0.39 is 75.5 Å². The predicted molar refractivity (Wildman–Crippen MR) is 96.2 cm³/mol. The van der Waals surface area contributed by atoms with Crippen LogP contribution in [-0.4, -0.2) is 40.1 Å². The van der Waals surface area contributed by atoms with Crippen molar-refractivity contribution in [3.05, 3.63) is 62.6 Å². The van der Waals surface area contributed by atoms with Crippen LogP contribution in [-0.2, 0) is 0 Å². The number of rotatable bonds is 4. The minimum atomic E-state index is -1.05. The lowest BCUT2D eigenvalue weighted by molar-refractivity contribution is -0.395. The Kier molecular flexibility index (Phi) is 7.06. The van der Waals surface area contributed by atoms with Crippen LogP contribution in [0, 0.1) is 40.5 Å². The zero-order chi connectivity index (χ0) is 23.5. The summed E-state index contributed by atoms with van der Waals surface area (Å²) in [4.78, 5) is 37.2. The van der Waals surface area contributed by atoms with Crippen molar-refractivity contribution in [3.8, 4) is 23.0 Å². The Morgan fingerprint density at radius 3 is 0.833 bits per heavy atom. The van der Waals surface area contributed by atoms with Crippen LogP contribution in [0.1, 0.15) is 0 Å². The second-order valence-electron chi connectivity index (χ2n) is 4.88. The van der Waals surface area contributed by atoms with Gasteiger partial charge in [0.05, 0.1) is 19.7 Å². The molecule has 2 aromatic carbocycles. The molecule has 0 fully saturated rings. The molecule has 0 amide bonds. The van der Waals surface area contributed by atoms with Crippen molar-refractivity contribution in [2.45, 2.75) is 0 Å². The van der Waals surface area contributed by atoms with Gasteiger partial charge in [0.2, 0.25) is 23.0 Å². The van der Waals surface area contributed by atoms with E-state index >= 15 is 0 Å². The van der Waals surface area contributed by atoms with Crippen LogP contribution >= 0.6 is 23.2 Å². The fourth-order valence-corrected chi connectivity index (χ4v) is 2.15. The zero-order valence-electron chi connectivity index (χ0n) is 13.8. The number of phenols is 4. The van der Waals surface area contributed by atoms with E-state index in [9.17, 15) is 40.5 Å². The lowest BCUT2D eigenvalue weighted by Gasteiger charge is -2.01. The highest BCUT2D eigenvalue weighted by Gasteiger charge is 2.30. The first-order valence-corrected chi connectivity index (χ1v) is 7.54. The molecule has 0 aliphatic heterocycles. The standard InChI is InChI=1S/2C6H3ClN2O6/c2*7-4-5(10)2(8(12)13)1-3(6(4)11)9(14)15/h2*1,10-11H. The SMILES string of the molecule is O=[N+]([O-])c1cc([N+](=O)[O-])c(O)c(Cl)c1O.O=[N+]([O-])c1cc([N+](=O)[O-])c(O)c(Cl)c1O. The van der Waals surface area contributed by atoms with Gasteiger partial charge in [0, 0.05) is 0 Å². The number of phenolic OH excluding ortho intramolecular Hbond substituents is 4. The molecule has 0 aromatic heterocycles. The van der Waals surface area contributed by atoms with Crippen LogP contribution in [0.4, 0.5) is 22.7 Å². The summed E-state index contributed by atoms with van der Waals surface area (Å²) < 4.78 is 0. The van der Waals surface area contributed by atoms with Gasteiger partial charge in [0.1, 0.15) is 22.2 Å². The molecule has 0 saturated carbocycles. The summed E-state index contributed by atoms with van der Waals surface area (Å²) in [6, 6.07) is 0.854. The molecular formula is C12H6Cl2N4O12. The van der Waals surface area contributed by atoms with Crippen LogP contribution in [0.5, 0.6) is 23.0 Å². The van der Waals surface area contributed by atoms with Crippen LogP contribution in [0.25, 0.3) is 0 Å². The Balaban J connectivity index is 0.000000300. The lowest BCUT2D eigenvalue weighted by atomic mass is 10.2. The van der Waals surface area contributed by atoms with Gasteiger partial charge in [-0.05, 0) is 0 Å². The van der Waals surface area contributed by atoms with E-state index in [0.717, 1.165) is 0 Å². The Hall–Kier alpha value is -4.18. The van der Waals surface area contributed by atoms with Gasteiger partial charge in [0.25, 0.3) is 0 Å². The molecule has 0 saturated heterocycles. The summed E-state index contributed by atoms with van der Waals surface area (Å²) in [6.07, 6.45) is 0. The summed E-state index contributed by atoms with van der Waals surface area (Å²) in [6.45, 7) is 0. The number of hydrogen-bond acceptors (Lipinski definition) is 12. The Labute approximate surface area is 172 Å². The molecule has 16 nitrogen and oxygen atoms in total. The normalized spacial score (nSPS) is 9.93. The van der Waals surface area contributed by atoms with Crippen molar-refractivity contribution in [2.24, 2.45) is 0 Å². The third-order valence-electron chi connectivity index (χ3n) is 3.14. The number of aromatic hydroxyl groups is 4. The second kappa shape index (κ2) is 8.88. The number of nitrogens with zero attached hydrogens (tertiary/aromatic N) is 4. The summed E-state index contributed by atoms with van der Waals surface area (Å²) in [5.41, 5.74) is -3.76. The van der Waals surface area contributed by atoms with Crippen molar-refractivity contribution in [3.63, 3.8) is 0 Å². The maximum atomic E-state index is 10.3. The van der Waals surface area contributed by atoms with Gasteiger partial charge in [-0.1, -0.05) is 23.2 Å². The largest absolute Gasteiger partial charge is 0.501 e. The molecule has 0 unspecified atom stereocenters. The zero-order valence-corrected chi connectivity index (χ0v) is 15.3. The highest BCUT2D eigenvalue weighted by atomic mass is 35.5. The summed E-state index contributed by atoms with van der Waals surface area (Å²) >= 11 is 10.5. The van der Waals surface area contributed by atoms with Gasteiger partial charge in [0.15, 0.2) is 0 Å².